The Labute approximate surface area is 233 Å². The molecule has 1 N–H and O–H groups in total. The smallest absolute Gasteiger partial charge is 0.409 e. The van der Waals surface area contributed by atoms with Crippen LogP contribution in [-0.2, 0) is 11.2 Å². The number of nitrogens with one attached hydrogen (secondary N) is 1. The standard InChI is InChI=1S/C33H44N4O2/c1-4-35-19-16-26-28-21-23(14-15-30(28)37(5-2)31(26)22-35)24-11-9-10-18-36(33(38)39-6-3)20-17-27-25-12-7-8-13-29(25)34-32(24)27/h7-8,12-15,21,24,26,31,34H,4-6,9-11,16-20,22H2,1-3H3. The van der Waals surface area contributed by atoms with E-state index in [-0.39, 0.29) is 6.09 Å². The van der Waals surface area contributed by atoms with Crippen LogP contribution < -0.4 is 4.90 Å². The third-order valence-electron chi connectivity index (χ3n) is 9.54. The second-order valence-corrected chi connectivity index (χ2v) is 11.5. The Morgan fingerprint density at radius 1 is 1.00 bits per heavy atom. The van der Waals surface area contributed by atoms with Gasteiger partial charge in [-0.1, -0.05) is 43.7 Å². The predicted octanol–water partition coefficient (Wildman–Crippen LogP) is 6.50. The number of likely N-dealkylation sites (tertiary alicyclic amines) is 1. The molecule has 6 rings (SSSR count). The maximum Gasteiger partial charge on any atom is 0.409 e. The van der Waals surface area contributed by atoms with Gasteiger partial charge < -0.3 is 24.4 Å². The van der Waals surface area contributed by atoms with Gasteiger partial charge in [0.15, 0.2) is 0 Å². The number of amides is 1. The van der Waals surface area contributed by atoms with Crippen molar-refractivity contribution < 1.29 is 9.53 Å². The number of aromatic nitrogens is 1. The van der Waals surface area contributed by atoms with Crippen molar-refractivity contribution >= 4 is 22.7 Å². The lowest BCUT2D eigenvalue weighted by Gasteiger charge is -2.38. The molecule has 0 aliphatic carbocycles. The number of fused-ring (bicyclic) bond motifs is 6. The van der Waals surface area contributed by atoms with Crippen molar-refractivity contribution in [1.82, 2.24) is 14.8 Å². The molecule has 0 bridgehead atoms. The molecule has 1 saturated heterocycles. The van der Waals surface area contributed by atoms with E-state index in [1.165, 1.54) is 52.9 Å². The molecule has 2 aromatic carbocycles. The molecule has 0 saturated carbocycles. The number of likely N-dealkylation sites (N-methyl/N-ethyl adjacent to an activating group) is 2. The molecule has 6 nitrogen and oxygen atoms in total. The minimum absolute atomic E-state index is 0.182. The number of para-hydroxylation sites is 1. The van der Waals surface area contributed by atoms with Crippen LogP contribution in [0.1, 0.15) is 80.7 Å². The number of benzene rings is 2. The van der Waals surface area contributed by atoms with Gasteiger partial charge in [0.25, 0.3) is 0 Å². The first-order valence-corrected chi connectivity index (χ1v) is 15.3. The van der Waals surface area contributed by atoms with Crippen molar-refractivity contribution in [3.8, 4) is 0 Å². The largest absolute Gasteiger partial charge is 0.450 e. The van der Waals surface area contributed by atoms with Crippen molar-refractivity contribution in [2.24, 2.45) is 0 Å². The van der Waals surface area contributed by atoms with Crippen LogP contribution in [0, 0.1) is 0 Å². The minimum Gasteiger partial charge on any atom is -0.450 e. The van der Waals surface area contributed by atoms with Crippen LogP contribution in [0.15, 0.2) is 42.5 Å². The summed E-state index contributed by atoms with van der Waals surface area (Å²) < 4.78 is 5.39. The molecule has 3 unspecified atom stereocenters. The van der Waals surface area contributed by atoms with Crippen LogP contribution in [0.5, 0.6) is 0 Å². The molecule has 1 amide bonds. The Balaban J connectivity index is 1.38. The normalized spacial score (nSPS) is 23.8. The Hall–Kier alpha value is -2.99. The number of carbonyl (C=O) groups is 1. The van der Waals surface area contributed by atoms with Crippen LogP contribution in [0.25, 0.3) is 10.9 Å². The van der Waals surface area contributed by atoms with Crippen LogP contribution in [0.3, 0.4) is 0 Å². The average molecular weight is 529 g/mol. The molecule has 39 heavy (non-hydrogen) atoms. The Kier molecular flexibility index (Phi) is 7.57. The number of nitrogens with zero attached hydrogens (tertiary/aromatic N) is 3. The summed E-state index contributed by atoms with van der Waals surface area (Å²) in [6.07, 6.45) is 5.05. The first kappa shape index (κ1) is 26.2. The molecular weight excluding hydrogens is 484 g/mol. The topological polar surface area (TPSA) is 51.8 Å². The maximum atomic E-state index is 12.7. The van der Waals surface area contributed by atoms with E-state index in [9.17, 15) is 4.79 Å². The van der Waals surface area contributed by atoms with Crippen molar-refractivity contribution in [3.63, 3.8) is 0 Å². The summed E-state index contributed by atoms with van der Waals surface area (Å²) >= 11 is 0. The quantitative estimate of drug-likeness (QED) is 0.420. The predicted molar refractivity (Wildman–Crippen MR) is 159 cm³/mol. The zero-order valence-corrected chi connectivity index (χ0v) is 23.9. The number of carbonyl (C=O) groups excluding carboxylic acids is 1. The van der Waals surface area contributed by atoms with E-state index in [1.54, 1.807) is 5.56 Å². The van der Waals surface area contributed by atoms with Crippen molar-refractivity contribution in [3.05, 3.63) is 64.8 Å². The fourth-order valence-electron chi connectivity index (χ4n) is 7.57. The maximum absolute atomic E-state index is 12.7. The average Bonchev–Trinajstić information content (AvgIpc) is 3.49. The third-order valence-corrected chi connectivity index (χ3v) is 9.54. The molecule has 3 aromatic rings. The summed E-state index contributed by atoms with van der Waals surface area (Å²) in [5.41, 5.74) is 8.36. The first-order valence-electron chi connectivity index (χ1n) is 15.3. The van der Waals surface area contributed by atoms with E-state index >= 15 is 0 Å². The summed E-state index contributed by atoms with van der Waals surface area (Å²) in [6, 6.07) is 16.7. The number of H-pyrrole nitrogens is 1. The van der Waals surface area contributed by atoms with E-state index in [2.05, 4.69) is 71.1 Å². The van der Waals surface area contributed by atoms with Gasteiger partial charge >= 0.3 is 6.09 Å². The third kappa shape index (κ3) is 4.82. The van der Waals surface area contributed by atoms with Crippen LogP contribution in [-0.4, -0.2) is 72.8 Å². The van der Waals surface area contributed by atoms with Gasteiger partial charge in [0, 0.05) is 66.3 Å². The monoisotopic (exact) mass is 528 g/mol. The van der Waals surface area contributed by atoms with E-state index < -0.39 is 0 Å². The van der Waals surface area contributed by atoms with Gasteiger partial charge in [-0.25, -0.2) is 4.79 Å². The number of rotatable bonds is 4. The van der Waals surface area contributed by atoms with E-state index in [1.807, 2.05) is 11.8 Å². The molecular formula is C33H44N4O2. The number of ether oxygens (including phenoxy) is 1. The highest BCUT2D eigenvalue weighted by atomic mass is 16.6. The van der Waals surface area contributed by atoms with Crippen molar-refractivity contribution in [2.45, 2.75) is 70.8 Å². The van der Waals surface area contributed by atoms with E-state index in [0.29, 0.717) is 31.0 Å². The Bertz CT molecular complexity index is 1320. The summed E-state index contributed by atoms with van der Waals surface area (Å²) in [6.45, 7) is 12.9. The van der Waals surface area contributed by atoms with Gasteiger partial charge in [-0.3, -0.25) is 0 Å². The second kappa shape index (κ2) is 11.2. The molecule has 3 aliphatic rings. The summed E-state index contributed by atoms with van der Waals surface area (Å²) in [7, 11) is 0. The lowest BCUT2D eigenvalue weighted by atomic mass is 9.83. The summed E-state index contributed by atoms with van der Waals surface area (Å²) in [5.74, 6) is 0.958. The van der Waals surface area contributed by atoms with Gasteiger partial charge in [-0.05, 0) is 81.4 Å². The lowest BCUT2D eigenvalue weighted by Crippen LogP contribution is -2.48. The van der Waals surface area contributed by atoms with Gasteiger partial charge in [0.2, 0.25) is 0 Å². The number of piperidine rings is 1. The Morgan fingerprint density at radius 2 is 1.87 bits per heavy atom. The lowest BCUT2D eigenvalue weighted by molar-refractivity contribution is 0.106. The Morgan fingerprint density at radius 3 is 2.69 bits per heavy atom. The van der Waals surface area contributed by atoms with Gasteiger partial charge in [0.05, 0.1) is 6.61 Å². The fourth-order valence-corrected chi connectivity index (χ4v) is 7.57. The fraction of sp³-hybridized carbons (Fsp3) is 0.545. The number of hydrogen-bond acceptors (Lipinski definition) is 4. The molecule has 208 valence electrons. The van der Waals surface area contributed by atoms with Gasteiger partial charge in [0.1, 0.15) is 0 Å². The zero-order chi connectivity index (χ0) is 26.9. The SMILES string of the molecule is CCOC(=O)N1CCCCC(c2ccc3c(c2)C2CCN(CC)CC2N3CC)c2[nH]c3ccccc3c2CC1. The molecule has 3 aliphatic heterocycles. The second-order valence-electron chi connectivity index (χ2n) is 11.5. The van der Waals surface area contributed by atoms with E-state index in [0.717, 1.165) is 45.3 Å². The molecule has 4 heterocycles. The van der Waals surface area contributed by atoms with Crippen LogP contribution in [0.4, 0.5) is 10.5 Å². The summed E-state index contributed by atoms with van der Waals surface area (Å²) in [4.78, 5) is 23.7. The minimum atomic E-state index is -0.182. The number of hydrogen-bond donors (Lipinski definition) is 1. The van der Waals surface area contributed by atoms with Crippen molar-refractivity contribution in [1.29, 1.82) is 0 Å². The first-order chi connectivity index (χ1) is 19.1. The number of aromatic amines is 1. The molecule has 0 radical (unpaired) electrons. The highest BCUT2D eigenvalue weighted by Gasteiger charge is 2.41. The van der Waals surface area contributed by atoms with Crippen LogP contribution in [0.2, 0.25) is 0 Å². The highest BCUT2D eigenvalue weighted by molar-refractivity contribution is 5.85. The zero-order valence-electron chi connectivity index (χ0n) is 23.9. The molecule has 1 fully saturated rings. The van der Waals surface area contributed by atoms with Crippen LogP contribution >= 0.6 is 0 Å². The van der Waals surface area contributed by atoms with E-state index in [4.69, 9.17) is 4.74 Å². The highest BCUT2D eigenvalue weighted by Crippen LogP contribution is 2.47. The molecule has 0 spiro atoms. The van der Waals surface area contributed by atoms with Crippen molar-refractivity contribution in [2.75, 3.05) is 50.8 Å². The van der Waals surface area contributed by atoms with Gasteiger partial charge in [-0.2, -0.15) is 0 Å². The summed E-state index contributed by atoms with van der Waals surface area (Å²) in [5, 5.41) is 1.28. The van der Waals surface area contributed by atoms with Gasteiger partial charge in [-0.15, -0.1) is 0 Å². The molecule has 3 atom stereocenters. The molecule has 6 heteroatoms. The molecule has 1 aromatic heterocycles. The number of anilines is 1.